The van der Waals surface area contributed by atoms with Crippen molar-refractivity contribution in [2.45, 2.75) is 57.9 Å². The third kappa shape index (κ3) is 2.48. The zero-order chi connectivity index (χ0) is 14.2. The standard InChI is InChI=1S/C16H24ClNO/c1-10(2)12-9-13(17)11(3)14(15(12)19-4)16(18)7-5-6-8-16/h9-10H,5-8,18H2,1-4H3. The number of benzene rings is 1. The molecule has 1 aromatic rings. The fourth-order valence-corrected chi connectivity index (χ4v) is 3.46. The fraction of sp³-hybridized carbons (Fsp3) is 0.625. The number of hydrogen-bond acceptors (Lipinski definition) is 2. The molecule has 1 aliphatic carbocycles. The third-order valence-corrected chi connectivity index (χ3v) is 4.72. The highest BCUT2D eigenvalue weighted by Crippen LogP contribution is 2.46. The maximum Gasteiger partial charge on any atom is 0.127 e. The van der Waals surface area contributed by atoms with E-state index in [0.717, 1.165) is 40.3 Å². The Bertz CT molecular complexity index is 476. The van der Waals surface area contributed by atoms with Gasteiger partial charge in [0.1, 0.15) is 5.75 Å². The summed E-state index contributed by atoms with van der Waals surface area (Å²) in [5.74, 6) is 1.32. The lowest BCUT2D eigenvalue weighted by molar-refractivity contribution is 0.372. The van der Waals surface area contributed by atoms with Gasteiger partial charge in [0.05, 0.1) is 7.11 Å². The predicted molar refractivity (Wildman–Crippen MR) is 81.2 cm³/mol. The van der Waals surface area contributed by atoms with Crippen LogP contribution in [0.1, 0.15) is 62.1 Å². The van der Waals surface area contributed by atoms with Crippen LogP contribution < -0.4 is 10.5 Å². The van der Waals surface area contributed by atoms with Gasteiger partial charge in [0.2, 0.25) is 0 Å². The van der Waals surface area contributed by atoms with Crippen LogP contribution in [0, 0.1) is 6.92 Å². The van der Waals surface area contributed by atoms with Crippen LogP contribution >= 0.6 is 11.6 Å². The molecule has 19 heavy (non-hydrogen) atoms. The average Bonchev–Trinajstić information content (AvgIpc) is 2.79. The first-order chi connectivity index (χ1) is 8.90. The van der Waals surface area contributed by atoms with Crippen LogP contribution in [-0.4, -0.2) is 7.11 Å². The molecule has 0 aliphatic heterocycles. The van der Waals surface area contributed by atoms with Crippen LogP contribution in [0.2, 0.25) is 5.02 Å². The van der Waals surface area contributed by atoms with E-state index in [1.807, 2.05) is 6.07 Å². The van der Waals surface area contributed by atoms with Crippen LogP contribution in [-0.2, 0) is 5.54 Å². The van der Waals surface area contributed by atoms with E-state index in [9.17, 15) is 0 Å². The van der Waals surface area contributed by atoms with Crippen molar-refractivity contribution in [2.24, 2.45) is 5.73 Å². The minimum Gasteiger partial charge on any atom is -0.496 e. The van der Waals surface area contributed by atoms with Crippen molar-refractivity contribution in [3.05, 3.63) is 27.8 Å². The van der Waals surface area contributed by atoms with Gasteiger partial charge in [0, 0.05) is 16.1 Å². The highest BCUT2D eigenvalue weighted by atomic mass is 35.5. The number of hydrogen-bond donors (Lipinski definition) is 1. The van der Waals surface area contributed by atoms with Crippen LogP contribution in [0.25, 0.3) is 0 Å². The Labute approximate surface area is 121 Å². The van der Waals surface area contributed by atoms with Gasteiger partial charge in [-0.1, -0.05) is 38.3 Å². The quantitative estimate of drug-likeness (QED) is 0.885. The number of methoxy groups -OCH3 is 1. The summed E-state index contributed by atoms with van der Waals surface area (Å²) in [7, 11) is 1.73. The van der Waals surface area contributed by atoms with Crippen LogP contribution in [0.3, 0.4) is 0 Å². The molecule has 0 aromatic heterocycles. The minimum atomic E-state index is -0.274. The molecule has 2 nitrogen and oxygen atoms in total. The SMILES string of the molecule is COc1c(C(C)C)cc(Cl)c(C)c1C1(N)CCCC1. The summed E-state index contributed by atoms with van der Waals surface area (Å²) in [6.07, 6.45) is 4.40. The first-order valence-corrected chi connectivity index (χ1v) is 7.45. The predicted octanol–water partition coefficient (Wildman–Crippen LogP) is 4.51. The van der Waals surface area contributed by atoms with E-state index in [2.05, 4.69) is 20.8 Å². The van der Waals surface area contributed by atoms with E-state index >= 15 is 0 Å². The highest BCUT2D eigenvalue weighted by Gasteiger charge is 2.37. The molecular formula is C16H24ClNO. The molecule has 0 amide bonds. The second kappa shape index (κ2) is 5.34. The molecule has 0 saturated heterocycles. The molecule has 0 spiro atoms. The molecule has 0 atom stereocenters. The van der Waals surface area contributed by atoms with Gasteiger partial charge in [0.25, 0.3) is 0 Å². The maximum atomic E-state index is 6.66. The number of nitrogens with two attached hydrogens (primary N) is 1. The maximum absolute atomic E-state index is 6.66. The molecule has 1 fully saturated rings. The van der Waals surface area contributed by atoms with Gasteiger partial charge in [-0.15, -0.1) is 0 Å². The van der Waals surface area contributed by atoms with Gasteiger partial charge in [0.15, 0.2) is 0 Å². The molecule has 0 bridgehead atoms. The molecular weight excluding hydrogens is 258 g/mol. The molecule has 0 unspecified atom stereocenters. The van der Waals surface area contributed by atoms with Gasteiger partial charge in [-0.2, -0.15) is 0 Å². The molecule has 2 rings (SSSR count). The summed E-state index contributed by atoms with van der Waals surface area (Å²) in [6.45, 7) is 6.37. The fourth-order valence-electron chi connectivity index (χ4n) is 3.25. The second-order valence-corrected chi connectivity index (χ2v) is 6.41. The average molecular weight is 282 g/mol. The lowest BCUT2D eigenvalue weighted by Crippen LogP contribution is -2.34. The normalized spacial score (nSPS) is 18.1. The van der Waals surface area contributed by atoms with E-state index in [1.165, 1.54) is 12.8 Å². The minimum absolute atomic E-state index is 0.274. The van der Waals surface area contributed by atoms with Crippen LogP contribution in [0.5, 0.6) is 5.75 Å². The monoisotopic (exact) mass is 281 g/mol. The summed E-state index contributed by atoms with van der Waals surface area (Å²) in [5, 5.41) is 0.802. The van der Waals surface area contributed by atoms with Crippen molar-refractivity contribution in [2.75, 3.05) is 7.11 Å². The van der Waals surface area contributed by atoms with E-state index in [1.54, 1.807) is 7.11 Å². The second-order valence-electron chi connectivity index (χ2n) is 6.00. The Kier molecular flexibility index (Phi) is 4.12. The summed E-state index contributed by atoms with van der Waals surface area (Å²) in [5.41, 5.74) is 9.74. The Morgan fingerprint density at radius 2 is 1.89 bits per heavy atom. The number of halogens is 1. The number of ether oxygens (including phenoxy) is 1. The highest BCUT2D eigenvalue weighted by molar-refractivity contribution is 6.31. The largest absolute Gasteiger partial charge is 0.496 e. The summed E-state index contributed by atoms with van der Waals surface area (Å²) in [4.78, 5) is 0. The zero-order valence-electron chi connectivity index (χ0n) is 12.3. The van der Waals surface area contributed by atoms with E-state index in [4.69, 9.17) is 22.1 Å². The van der Waals surface area contributed by atoms with Crippen molar-refractivity contribution in [1.29, 1.82) is 0 Å². The van der Waals surface area contributed by atoms with Gasteiger partial charge in [-0.05, 0) is 42.9 Å². The Hall–Kier alpha value is -0.730. The van der Waals surface area contributed by atoms with Crippen LogP contribution in [0.15, 0.2) is 6.07 Å². The van der Waals surface area contributed by atoms with Crippen LogP contribution in [0.4, 0.5) is 0 Å². The molecule has 1 saturated carbocycles. The molecule has 106 valence electrons. The van der Waals surface area contributed by atoms with Gasteiger partial charge < -0.3 is 10.5 Å². The Morgan fingerprint density at radius 3 is 2.37 bits per heavy atom. The third-order valence-electron chi connectivity index (χ3n) is 4.32. The molecule has 0 heterocycles. The van der Waals surface area contributed by atoms with Crippen molar-refractivity contribution in [3.63, 3.8) is 0 Å². The van der Waals surface area contributed by atoms with Crippen molar-refractivity contribution < 1.29 is 4.74 Å². The van der Waals surface area contributed by atoms with Gasteiger partial charge >= 0.3 is 0 Å². The summed E-state index contributed by atoms with van der Waals surface area (Å²) < 4.78 is 5.71. The topological polar surface area (TPSA) is 35.2 Å². The zero-order valence-corrected chi connectivity index (χ0v) is 13.1. The lowest BCUT2D eigenvalue weighted by atomic mass is 9.82. The van der Waals surface area contributed by atoms with Crippen molar-refractivity contribution in [3.8, 4) is 5.75 Å². The molecule has 3 heteroatoms. The van der Waals surface area contributed by atoms with E-state index < -0.39 is 0 Å². The number of rotatable bonds is 3. The Balaban J connectivity index is 2.69. The Morgan fingerprint density at radius 1 is 1.32 bits per heavy atom. The molecule has 2 N–H and O–H groups in total. The smallest absolute Gasteiger partial charge is 0.127 e. The first-order valence-electron chi connectivity index (χ1n) is 7.07. The summed E-state index contributed by atoms with van der Waals surface area (Å²) >= 11 is 6.42. The molecule has 0 radical (unpaired) electrons. The molecule has 1 aromatic carbocycles. The van der Waals surface area contributed by atoms with Crippen molar-refractivity contribution >= 4 is 11.6 Å². The van der Waals surface area contributed by atoms with Gasteiger partial charge in [-0.3, -0.25) is 0 Å². The van der Waals surface area contributed by atoms with Crippen molar-refractivity contribution in [1.82, 2.24) is 0 Å². The first kappa shape index (κ1) is 14.7. The lowest BCUT2D eigenvalue weighted by Gasteiger charge is -2.31. The summed E-state index contributed by atoms with van der Waals surface area (Å²) in [6, 6.07) is 2.03. The molecule has 1 aliphatic rings. The van der Waals surface area contributed by atoms with E-state index in [0.29, 0.717) is 5.92 Å². The van der Waals surface area contributed by atoms with E-state index in [-0.39, 0.29) is 5.54 Å². The van der Waals surface area contributed by atoms with Gasteiger partial charge in [-0.25, -0.2) is 0 Å².